The lowest BCUT2D eigenvalue weighted by atomic mass is 9.70. The van der Waals surface area contributed by atoms with Crippen molar-refractivity contribution < 1.29 is 9.31 Å². The Morgan fingerprint density at radius 2 is 1.04 bits per heavy atom. The van der Waals surface area contributed by atoms with Crippen LogP contribution in [0.4, 0.5) is 0 Å². The molecule has 1 fully saturated rings. The van der Waals surface area contributed by atoms with Crippen LogP contribution in [0.5, 0.6) is 0 Å². The quantitative estimate of drug-likeness (QED) is 0.143. The van der Waals surface area contributed by atoms with Crippen molar-refractivity contribution in [3.05, 3.63) is 156 Å². The minimum absolute atomic E-state index is 0.387. The lowest BCUT2D eigenvalue weighted by molar-refractivity contribution is 0.00578. The Bertz CT molecular complexity index is 2420. The van der Waals surface area contributed by atoms with Gasteiger partial charge in [-0.3, -0.25) is 0 Å². The van der Waals surface area contributed by atoms with E-state index in [0.717, 1.165) is 27.6 Å². The minimum Gasteiger partial charge on any atom is -0.399 e. The van der Waals surface area contributed by atoms with E-state index < -0.39 is 7.12 Å². The molecule has 0 saturated carbocycles. The third kappa shape index (κ3) is 3.49. The number of rotatable bonds is 2. The van der Waals surface area contributed by atoms with E-state index in [1.807, 2.05) is 0 Å². The highest BCUT2D eigenvalue weighted by Gasteiger charge is 2.53. The zero-order valence-corrected chi connectivity index (χ0v) is 27.5. The van der Waals surface area contributed by atoms with E-state index in [4.69, 9.17) is 14.3 Å². The minimum atomic E-state index is -0.404. The Morgan fingerprint density at radius 1 is 0.500 bits per heavy atom. The van der Waals surface area contributed by atoms with Crippen LogP contribution in [-0.2, 0) is 14.7 Å². The van der Waals surface area contributed by atoms with Gasteiger partial charge in [0.05, 0.1) is 27.8 Å². The molecular formula is C44H34BNO2. The molecule has 10 rings (SSSR count). The van der Waals surface area contributed by atoms with Gasteiger partial charge in [0.15, 0.2) is 0 Å². The van der Waals surface area contributed by atoms with E-state index in [1.54, 1.807) is 0 Å². The van der Waals surface area contributed by atoms with Crippen LogP contribution in [0, 0.1) is 0 Å². The van der Waals surface area contributed by atoms with Crippen LogP contribution in [0.2, 0.25) is 0 Å². The van der Waals surface area contributed by atoms with Crippen LogP contribution in [0.1, 0.15) is 49.9 Å². The Hall–Kier alpha value is -5.03. The maximum absolute atomic E-state index is 6.37. The Labute approximate surface area is 281 Å². The number of aromatic nitrogens is 1. The fourth-order valence-corrected chi connectivity index (χ4v) is 8.62. The van der Waals surface area contributed by atoms with Gasteiger partial charge in [-0.25, -0.2) is 4.98 Å². The monoisotopic (exact) mass is 619 g/mol. The van der Waals surface area contributed by atoms with E-state index in [9.17, 15) is 0 Å². The molecule has 1 spiro atoms. The Balaban J connectivity index is 1.24. The van der Waals surface area contributed by atoms with Gasteiger partial charge in [-0.1, -0.05) is 127 Å². The predicted octanol–water partition coefficient (Wildman–Crippen LogP) is 9.70. The molecule has 0 atom stereocenters. The highest BCUT2D eigenvalue weighted by atomic mass is 16.7. The van der Waals surface area contributed by atoms with E-state index in [1.165, 1.54) is 55.3 Å². The maximum Gasteiger partial charge on any atom is 0.494 e. The topological polar surface area (TPSA) is 31.4 Å². The van der Waals surface area contributed by atoms with Crippen LogP contribution in [0.15, 0.2) is 133 Å². The van der Waals surface area contributed by atoms with Gasteiger partial charge >= 0.3 is 7.12 Å². The third-order valence-electron chi connectivity index (χ3n) is 11.5. The average Bonchev–Trinajstić information content (AvgIpc) is 3.67. The van der Waals surface area contributed by atoms with Crippen LogP contribution in [0.25, 0.3) is 55.2 Å². The Morgan fingerprint density at radius 3 is 1.69 bits per heavy atom. The largest absolute Gasteiger partial charge is 0.494 e. The molecule has 1 aliphatic heterocycles. The van der Waals surface area contributed by atoms with Crippen molar-refractivity contribution in [2.75, 3.05) is 0 Å². The normalized spacial score (nSPS) is 17.5. The van der Waals surface area contributed by atoms with E-state index in [2.05, 4.69) is 161 Å². The molecule has 7 aromatic rings. The fraction of sp³-hybridized carbons (Fsp3) is 0.159. The molecule has 0 bridgehead atoms. The number of benzene rings is 6. The number of fused-ring (bicyclic) bond motifs is 14. The molecule has 3 aliphatic rings. The number of hydrogen-bond donors (Lipinski definition) is 0. The zero-order chi connectivity index (χ0) is 32.4. The standard InChI is InChI=1S/C44H34BNO2/c1-42(2)43(3,4)48-45(47-42)28-23-21-27(22-24-28)41-33-25-26-37-40(39(33)32-16-8-12-20-38(32)46-41)31-15-7-11-19-36(31)44(37)34-17-9-5-13-29(34)30-14-6-10-18-35(30)44/h5-26H,1-4H3. The van der Waals surface area contributed by atoms with Crippen LogP contribution in [-0.4, -0.2) is 23.3 Å². The van der Waals surface area contributed by atoms with Crippen LogP contribution in [0.3, 0.4) is 0 Å². The Kier molecular flexibility index (Phi) is 5.57. The highest BCUT2D eigenvalue weighted by Crippen LogP contribution is 2.64. The zero-order valence-electron chi connectivity index (χ0n) is 27.5. The molecule has 2 aliphatic carbocycles. The molecule has 48 heavy (non-hydrogen) atoms. The molecule has 0 amide bonds. The van der Waals surface area contributed by atoms with E-state index >= 15 is 0 Å². The summed E-state index contributed by atoms with van der Waals surface area (Å²) >= 11 is 0. The van der Waals surface area contributed by atoms with Crippen LogP contribution >= 0.6 is 0 Å². The first-order chi connectivity index (χ1) is 23.3. The van der Waals surface area contributed by atoms with Crippen molar-refractivity contribution >= 4 is 34.3 Å². The molecule has 1 aromatic heterocycles. The molecule has 0 radical (unpaired) electrons. The molecule has 2 heterocycles. The third-order valence-corrected chi connectivity index (χ3v) is 11.5. The molecule has 230 valence electrons. The van der Waals surface area contributed by atoms with Crippen molar-refractivity contribution in [1.82, 2.24) is 4.98 Å². The van der Waals surface area contributed by atoms with Gasteiger partial charge in [0.25, 0.3) is 0 Å². The molecule has 6 aromatic carbocycles. The van der Waals surface area contributed by atoms with Gasteiger partial charge in [0.1, 0.15) is 0 Å². The number of pyridine rings is 1. The van der Waals surface area contributed by atoms with E-state index in [0.29, 0.717) is 0 Å². The highest BCUT2D eigenvalue weighted by molar-refractivity contribution is 6.62. The molecule has 0 N–H and O–H groups in total. The summed E-state index contributed by atoms with van der Waals surface area (Å²) < 4.78 is 12.7. The average molecular weight is 620 g/mol. The van der Waals surface area contributed by atoms with Crippen molar-refractivity contribution in [3.63, 3.8) is 0 Å². The van der Waals surface area contributed by atoms with Crippen molar-refractivity contribution in [2.24, 2.45) is 0 Å². The number of para-hydroxylation sites is 1. The second-order valence-electron chi connectivity index (χ2n) is 14.5. The lowest BCUT2D eigenvalue weighted by Gasteiger charge is -2.32. The molecule has 0 unspecified atom stereocenters. The van der Waals surface area contributed by atoms with Crippen molar-refractivity contribution in [2.45, 2.75) is 44.3 Å². The predicted molar refractivity (Wildman–Crippen MR) is 197 cm³/mol. The van der Waals surface area contributed by atoms with Gasteiger partial charge in [-0.2, -0.15) is 0 Å². The first-order valence-corrected chi connectivity index (χ1v) is 16.9. The van der Waals surface area contributed by atoms with E-state index in [-0.39, 0.29) is 16.6 Å². The second-order valence-corrected chi connectivity index (χ2v) is 14.5. The van der Waals surface area contributed by atoms with Gasteiger partial charge < -0.3 is 9.31 Å². The van der Waals surface area contributed by atoms with Crippen LogP contribution < -0.4 is 5.46 Å². The molecule has 1 saturated heterocycles. The molecule has 4 heteroatoms. The number of nitrogens with zero attached hydrogens (tertiary/aromatic N) is 1. The van der Waals surface area contributed by atoms with Gasteiger partial charge in [0, 0.05) is 21.7 Å². The SMILES string of the molecule is CC1(C)OB(c2ccc(-c3nc4ccccc4c4c5c(ccc34)C3(c4ccccc4-c4ccccc43)c3ccccc3-5)cc2)OC1(C)C. The van der Waals surface area contributed by atoms with Gasteiger partial charge in [-0.15, -0.1) is 0 Å². The second kappa shape index (κ2) is 9.53. The summed E-state index contributed by atoms with van der Waals surface area (Å²) in [4.78, 5) is 5.33. The summed E-state index contributed by atoms with van der Waals surface area (Å²) in [5.41, 5.74) is 13.5. The summed E-state index contributed by atoms with van der Waals surface area (Å²) in [7, 11) is -0.404. The summed E-state index contributed by atoms with van der Waals surface area (Å²) in [6.07, 6.45) is 0. The first-order valence-electron chi connectivity index (χ1n) is 16.9. The summed E-state index contributed by atoms with van der Waals surface area (Å²) in [6, 6.07) is 48.9. The molecule has 3 nitrogen and oxygen atoms in total. The first kappa shape index (κ1) is 28.0. The molecular weight excluding hydrogens is 585 g/mol. The van der Waals surface area contributed by atoms with Gasteiger partial charge in [0.2, 0.25) is 0 Å². The number of hydrogen-bond acceptors (Lipinski definition) is 3. The van der Waals surface area contributed by atoms with Crippen molar-refractivity contribution in [3.8, 4) is 33.5 Å². The summed E-state index contributed by atoms with van der Waals surface area (Å²) in [5.74, 6) is 0. The maximum atomic E-state index is 6.37. The van der Waals surface area contributed by atoms with Crippen molar-refractivity contribution in [1.29, 1.82) is 0 Å². The van der Waals surface area contributed by atoms with Gasteiger partial charge in [-0.05, 0) is 83.7 Å². The fourth-order valence-electron chi connectivity index (χ4n) is 8.62. The summed E-state index contributed by atoms with van der Waals surface area (Å²) in [5, 5.41) is 3.59. The smallest absolute Gasteiger partial charge is 0.399 e. The summed E-state index contributed by atoms with van der Waals surface area (Å²) in [6.45, 7) is 8.37. The lowest BCUT2D eigenvalue weighted by Crippen LogP contribution is -2.41.